The summed E-state index contributed by atoms with van der Waals surface area (Å²) in [7, 11) is 0. The van der Waals surface area contributed by atoms with E-state index in [2.05, 4.69) is 5.32 Å². The Morgan fingerprint density at radius 3 is 2.52 bits per heavy atom. The zero-order valence-corrected chi connectivity index (χ0v) is 13.8. The number of carboxylic acids is 1. The number of amides is 2. The zero-order valence-electron chi connectivity index (χ0n) is 13.8. The van der Waals surface area contributed by atoms with Gasteiger partial charge in [-0.1, -0.05) is 18.2 Å². The Bertz CT molecular complexity index is 573. The predicted molar refractivity (Wildman–Crippen MR) is 86.5 cm³/mol. The van der Waals surface area contributed by atoms with Crippen molar-refractivity contribution in [2.45, 2.75) is 44.7 Å². The van der Waals surface area contributed by atoms with E-state index in [1.807, 2.05) is 19.9 Å². The molecule has 0 aromatic heterocycles. The van der Waals surface area contributed by atoms with E-state index < -0.39 is 11.5 Å². The van der Waals surface area contributed by atoms with Crippen LogP contribution in [-0.2, 0) is 4.79 Å². The van der Waals surface area contributed by atoms with Crippen molar-refractivity contribution >= 4 is 12.0 Å². The van der Waals surface area contributed by atoms with Gasteiger partial charge in [-0.2, -0.15) is 0 Å². The lowest BCUT2D eigenvalue weighted by Gasteiger charge is -2.35. The lowest BCUT2D eigenvalue weighted by atomic mass is 10.0. The first-order valence-electron chi connectivity index (χ1n) is 7.76. The van der Waals surface area contributed by atoms with E-state index in [-0.39, 0.29) is 18.2 Å². The van der Waals surface area contributed by atoms with Crippen LogP contribution in [0.25, 0.3) is 0 Å². The maximum atomic E-state index is 12.5. The topological polar surface area (TPSA) is 78.9 Å². The molecule has 23 heavy (non-hydrogen) atoms. The Hall–Kier alpha value is -2.24. The number of carbonyl (C=O) groups excluding carboxylic acids is 1. The van der Waals surface area contributed by atoms with E-state index in [1.54, 1.807) is 29.2 Å². The molecule has 1 heterocycles. The van der Waals surface area contributed by atoms with E-state index in [0.29, 0.717) is 12.3 Å². The van der Waals surface area contributed by atoms with Gasteiger partial charge in [0.1, 0.15) is 12.4 Å². The van der Waals surface area contributed by atoms with Crippen LogP contribution in [0.4, 0.5) is 4.79 Å². The molecule has 1 aliphatic heterocycles. The monoisotopic (exact) mass is 320 g/mol. The van der Waals surface area contributed by atoms with Gasteiger partial charge in [0.25, 0.3) is 0 Å². The third-order valence-corrected chi connectivity index (χ3v) is 4.27. The molecule has 2 rings (SSSR count). The molecule has 1 atom stereocenters. The summed E-state index contributed by atoms with van der Waals surface area (Å²) in [5.74, 6) is -0.561. The number of carboxylic acid groups (broad SMARTS) is 1. The van der Waals surface area contributed by atoms with Crippen molar-refractivity contribution in [3.05, 3.63) is 30.3 Å². The molecule has 6 nitrogen and oxygen atoms in total. The van der Waals surface area contributed by atoms with E-state index in [0.717, 1.165) is 12.8 Å². The Labute approximate surface area is 136 Å². The Morgan fingerprint density at radius 1 is 1.35 bits per heavy atom. The average Bonchev–Trinajstić information content (AvgIpc) is 2.85. The van der Waals surface area contributed by atoms with Crippen molar-refractivity contribution < 1.29 is 19.4 Å². The molecule has 0 spiro atoms. The summed E-state index contributed by atoms with van der Waals surface area (Å²) >= 11 is 0. The number of likely N-dealkylation sites (tertiary alicyclic amines) is 1. The number of rotatable bonds is 5. The van der Waals surface area contributed by atoms with Crippen LogP contribution in [0.3, 0.4) is 0 Å². The lowest BCUT2D eigenvalue weighted by Crippen LogP contribution is -2.61. The minimum absolute atomic E-state index is 0.146. The second-order valence-electron chi connectivity index (χ2n) is 6.74. The highest BCUT2D eigenvalue weighted by atomic mass is 16.5. The molecule has 2 N–H and O–H groups in total. The maximum Gasteiger partial charge on any atom is 0.332 e. The van der Waals surface area contributed by atoms with Gasteiger partial charge in [0.2, 0.25) is 0 Å². The van der Waals surface area contributed by atoms with Gasteiger partial charge in [-0.3, -0.25) is 0 Å². The molecule has 0 bridgehead atoms. The highest BCUT2D eigenvalue weighted by Gasteiger charge is 2.41. The molecule has 1 aliphatic rings. The first-order valence-corrected chi connectivity index (χ1v) is 7.76. The fourth-order valence-corrected chi connectivity index (χ4v) is 2.68. The van der Waals surface area contributed by atoms with Gasteiger partial charge in [0.05, 0.1) is 0 Å². The number of nitrogens with one attached hydrogen (secondary N) is 1. The van der Waals surface area contributed by atoms with Crippen LogP contribution in [0.5, 0.6) is 5.75 Å². The standard InChI is InChI=1S/C17H24N2O4/c1-16(2)10-7-11-19(16)15(22)18-17(3,14(20)21)12-23-13-8-5-4-6-9-13/h4-6,8-9H,7,10-12H2,1-3H3,(H,18,22)(H,20,21). The Balaban J connectivity index is 2.05. The molecular formula is C17H24N2O4. The number of hydrogen-bond acceptors (Lipinski definition) is 3. The summed E-state index contributed by atoms with van der Waals surface area (Å²) < 4.78 is 5.53. The quantitative estimate of drug-likeness (QED) is 0.873. The minimum atomic E-state index is -1.49. The van der Waals surface area contributed by atoms with E-state index >= 15 is 0 Å². The zero-order chi connectivity index (χ0) is 17.1. The molecule has 1 aromatic rings. The van der Waals surface area contributed by atoms with Gasteiger partial charge >= 0.3 is 12.0 Å². The second-order valence-corrected chi connectivity index (χ2v) is 6.74. The van der Waals surface area contributed by atoms with Gasteiger partial charge in [0, 0.05) is 12.1 Å². The van der Waals surface area contributed by atoms with Crippen LogP contribution in [-0.4, -0.2) is 46.2 Å². The molecule has 0 aliphatic carbocycles. The molecule has 2 amide bonds. The van der Waals surface area contributed by atoms with Crippen LogP contribution in [0.15, 0.2) is 30.3 Å². The minimum Gasteiger partial charge on any atom is -0.491 e. The largest absolute Gasteiger partial charge is 0.491 e. The van der Waals surface area contributed by atoms with Gasteiger partial charge in [-0.05, 0) is 45.7 Å². The number of benzene rings is 1. The number of carbonyl (C=O) groups is 2. The fraction of sp³-hybridized carbons (Fsp3) is 0.529. The van der Waals surface area contributed by atoms with Crippen molar-refractivity contribution in [1.29, 1.82) is 0 Å². The summed E-state index contributed by atoms with van der Waals surface area (Å²) in [6, 6.07) is 8.58. The van der Waals surface area contributed by atoms with Crippen LogP contribution in [0.1, 0.15) is 33.6 Å². The fourth-order valence-electron chi connectivity index (χ4n) is 2.68. The van der Waals surface area contributed by atoms with Crippen molar-refractivity contribution in [2.24, 2.45) is 0 Å². The third kappa shape index (κ3) is 3.94. The number of nitrogens with zero attached hydrogens (tertiary/aromatic N) is 1. The molecule has 0 saturated carbocycles. The number of ether oxygens (including phenoxy) is 1. The second kappa shape index (κ2) is 6.48. The highest BCUT2D eigenvalue weighted by Crippen LogP contribution is 2.28. The van der Waals surface area contributed by atoms with E-state index in [1.165, 1.54) is 6.92 Å². The molecule has 1 aromatic carbocycles. The highest BCUT2D eigenvalue weighted by molar-refractivity contribution is 5.86. The van der Waals surface area contributed by atoms with Crippen LogP contribution >= 0.6 is 0 Å². The molecule has 1 fully saturated rings. The molecule has 126 valence electrons. The number of para-hydroxylation sites is 1. The Morgan fingerprint density at radius 2 is 2.00 bits per heavy atom. The summed E-state index contributed by atoms with van der Waals surface area (Å²) in [6.07, 6.45) is 1.83. The summed E-state index contributed by atoms with van der Waals surface area (Å²) in [5.41, 5.74) is -1.75. The van der Waals surface area contributed by atoms with Gasteiger partial charge in [-0.15, -0.1) is 0 Å². The van der Waals surface area contributed by atoms with Gasteiger partial charge in [-0.25, -0.2) is 9.59 Å². The van der Waals surface area contributed by atoms with Crippen LogP contribution < -0.4 is 10.1 Å². The SMILES string of the molecule is CC(COc1ccccc1)(NC(=O)N1CCCC1(C)C)C(=O)O. The maximum absolute atomic E-state index is 12.5. The average molecular weight is 320 g/mol. The van der Waals surface area contributed by atoms with Crippen molar-refractivity contribution in [1.82, 2.24) is 10.2 Å². The summed E-state index contributed by atoms with van der Waals surface area (Å²) in [4.78, 5) is 25.8. The first kappa shape index (κ1) is 17.1. The third-order valence-electron chi connectivity index (χ3n) is 4.27. The Kier molecular flexibility index (Phi) is 4.82. The van der Waals surface area contributed by atoms with Crippen LogP contribution in [0.2, 0.25) is 0 Å². The molecule has 0 radical (unpaired) electrons. The van der Waals surface area contributed by atoms with Crippen molar-refractivity contribution in [3.63, 3.8) is 0 Å². The van der Waals surface area contributed by atoms with Gasteiger partial charge < -0.3 is 20.1 Å². The lowest BCUT2D eigenvalue weighted by molar-refractivity contribution is -0.145. The first-order chi connectivity index (χ1) is 10.7. The number of urea groups is 1. The van der Waals surface area contributed by atoms with Crippen molar-refractivity contribution in [2.75, 3.05) is 13.2 Å². The van der Waals surface area contributed by atoms with E-state index in [9.17, 15) is 14.7 Å². The molecular weight excluding hydrogens is 296 g/mol. The normalized spacial score (nSPS) is 19.0. The predicted octanol–water partition coefficient (Wildman–Crippen LogP) is 2.49. The molecule has 1 saturated heterocycles. The molecule has 1 unspecified atom stereocenters. The number of aliphatic carboxylic acids is 1. The van der Waals surface area contributed by atoms with Crippen LogP contribution in [0, 0.1) is 0 Å². The molecule has 6 heteroatoms. The summed E-state index contributed by atoms with van der Waals surface area (Å²) in [6.45, 7) is 5.91. The van der Waals surface area contributed by atoms with Crippen molar-refractivity contribution in [3.8, 4) is 5.75 Å². The summed E-state index contributed by atoms with van der Waals surface area (Å²) in [5, 5.41) is 12.1. The smallest absolute Gasteiger partial charge is 0.332 e. The van der Waals surface area contributed by atoms with E-state index in [4.69, 9.17) is 4.74 Å². The van der Waals surface area contributed by atoms with Gasteiger partial charge in [0.15, 0.2) is 5.54 Å². The number of hydrogen-bond donors (Lipinski definition) is 2.